The molecule has 9 heteroatoms. The molecule has 3 aromatic rings. The summed E-state index contributed by atoms with van der Waals surface area (Å²) in [6, 6.07) is 18.1. The van der Waals surface area contributed by atoms with E-state index in [0.717, 1.165) is 27.1 Å². The Morgan fingerprint density at radius 3 is 2.24 bits per heavy atom. The third-order valence-electron chi connectivity index (χ3n) is 5.96. The Kier molecular flexibility index (Phi) is 9.04. The van der Waals surface area contributed by atoms with Crippen LogP contribution in [0, 0.1) is 19.7 Å². The quantitative estimate of drug-likeness (QED) is 0.430. The minimum Gasteiger partial charge on any atom is -0.355 e. The van der Waals surface area contributed by atoms with Gasteiger partial charge in [0.15, 0.2) is 0 Å². The fraction of sp³-hybridized carbons (Fsp3) is 0.286. The van der Waals surface area contributed by atoms with Gasteiger partial charge in [0.1, 0.15) is 18.4 Å². The summed E-state index contributed by atoms with van der Waals surface area (Å²) in [5.74, 6) is -1.80. The first-order valence-corrected chi connectivity index (χ1v) is 13.4. The van der Waals surface area contributed by atoms with E-state index in [4.69, 9.17) is 0 Å². The lowest BCUT2D eigenvalue weighted by atomic mass is 10.1. The van der Waals surface area contributed by atoms with Crippen molar-refractivity contribution in [3.63, 3.8) is 0 Å². The molecule has 3 rings (SSSR count). The van der Waals surface area contributed by atoms with E-state index >= 15 is 0 Å². The number of sulfonamides is 1. The van der Waals surface area contributed by atoms with Crippen molar-refractivity contribution in [2.75, 3.05) is 17.4 Å². The maximum atomic E-state index is 14.9. The summed E-state index contributed by atoms with van der Waals surface area (Å²) >= 11 is 0. The lowest BCUT2D eigenvalue weighted by molar-refractivity contribution is -0.139. The molecular weight excluding hydrogens is 493 g/mol. The van der Waals surface area contributed by atoms with Gasteiger partial charge < -0.3 is 10.2 Å². The van der Waals surface area contributed by atoms with Gasteiger partial charge in [-0.25, -0.2) is 12.8 Å². The Morgan fingerprint density at radius 2 is 1.62 bits per heavy atom. The van der Waals surface area contributed by atoms with Crippen molar-refractivity contribution >= 4 is 27.5 Å². The van der Waals surface area contributed by atoms with Crippen LogP contribution in [0.4, 0.5) is 10.1 Å². The molecule has 3 aromatic carbocycles. The van der Waals surface area contributed by atoms with Gasteiger partial charge in [-0.1, -0.05) is 59.7 Å². The van der Waals surface area contributed by atoms with Crippen LogP contribution in [-0.2, 0) is 26.2 Å². The Hall–Kier alpha value is -3.72. The number of likely N-dealkylation sites (N-methyl/N-ethyl adjacent to an activating group) is 1. The zero-order chi connectivity index (χ0) is 27.2. The van der Waals surface area contributed by atoms with Gasteiger partial charge in [0.2, 0.25) is 11.8 Å². The van der Waals surface area contributed by atoms with Crippen LogP contribution >= 0.6 is 0 Å². The number of halogens is 1. The van der Waals surface area contributed by atoms with Gasteiger partial charge in [0, 0.05) is 13.1 Å². The highest BCUT2D eigenvalue weighted by Gasteiger charge is 2.33. The van der Waals surface area contributed by atoms with Crippen LogP contribution in [0.25, 0.3) is 0 Å². The largest absolute Gasteiger partial charge is 0.355 e. The zero-order valence-corrected chi connectivity index (χ0v) is 22.3. The summed E-state index contributed by atoms with van der Waals surface area (Å²) in [7, 11) is -4.31. The SMILES string of the molecule is CCNC(=O)[C@H](C)N(Cc1cccc(C)c1)C(=O)CN(c1ccccc1F)S(=O)(=O)c1ccc(C)cc1. The highest BCUT2D eigenvalue weighted by molar-refractivity contribution is 7.92. The molecule has 0 fully saturated rings. The molecule has 37 heavy (non-hydrogen) atoms. The number of para-hydroxylation sites is 1. The van der Waals surface area contributed by atoms with E-state index in [-0.39, 0.29) is 23.0 Å². The van der Waals surface area contributed by atoms with E-state index in [1.807, 2.05) is 38.1 Å². The van der Waals surface area contributed by atoms with Crippen LogP contribution in [0.1, 0.15) is 30.5 Å². The molecule has 2 amide bonds. The first-order valence-electron chi connectivity index (χ1n) is 12.0. The van der Waals surface area contributed by atoms with Crippen molar-refractivity contribution in [1.82, 2.24) is 10.2 Å². The summed E-state index contributed by atoms with van der Waals surface area (Å²) in [6.07, 6.45) is 0. The summed E-state index contributed by atoms with van der Waals surface area (Å²) in [4.78, 5) is 27.7. The predicted octanol–water partition coefficient (Wildman–Crippen LogP) is 4.19. The normalized spacial score (nSPS) is 12.0. The number of carbonyl (C=O) groups excluding carboxylic acids is 2. The Labute approximate surface area is 218 Å². The Bertz CT molecular complexity index is 1360. The number of hydrogen-bond donors (Lipinski definition) is 1. The fourth-order valence-corrected chi connectivity index (χ4v) is 5.34. The molecule has 7 nitrogen and oxygen atoms in total. The van der Waals surface area contributed by atoms with E-state index in [1.165, 1.54) is 35.2 Å². The molecule has 196 valence electrons. The lowest BCUT2D eigenvalue weighted by Crippen LogP contribution is -2.51. The maximum Gasteiger partial charge on any atom is 0.264 e. The van der Waals surface area contributed by atoms with Crippen molar-refractivity contribution < 1.29 is 22.4 Å². The van der Waals surface area contributed by atoms with Gasteiger partial charge in [-0.3, -0.25) is 13.9 Å². The number of aryl methyl sites for hydroxylation is 2. The second kappa shape index (κ2) is 12.0. The van der Waals surface area contributed by atoms with Crippen molar-refractivity contribution in [2.24, 2.45) is 0 Å². The van der Waals surface area contributed by atoms with Gasteiger partial charge in [-0.15, -0.1) is 0 Å². The fourth-order valence-electron chi connectivity index (χ4n) is 3.92. The number of benzene rings is 3. The number of anilines is 1. The van der Waals surface area contributed by atoms with Gasteiger partial charge in [0.05, 0.1) is 10.6 Å². The van der Waals surface area contributed by atoms with Crippen LogP contribution in [0.2, 0.25) is 0 Å². The highest BCUT2D eigenvalue weighted by atomic mass is 32.2. The molecule has 0 aromatic heterocycles. The molecule has 0 aliphatic carbocycles. The molecule has 0 heterocycles. The molecule has 0 spiro atoms. The predicted molar refractivity (Wildman–Crippen MR) is 142 cm³/mol. The van der Waals surface area contributed by atoms with Crippen molar-refractivity contribution in [3.8, 4) is 0 Å². The third kappa shape index (κ3) is 6.74. The molecule has 0 radical (unpaired) electrons. The molecule has 0 aliphatic heterocycles. The second-order valence-corrected chi connectivity index (χ2v) is 10.7. The van der Waals surface area contributed by atoms with E-state index in [0.29, 0.717) is 6.54 Å². The second-order valence-electron chi connectivity index (χ2n) is 8.86. The average Bonchev–Trinajstić information content (AvgIpc) is 2.86. The van der Waals surface area contributed by atoms with Gasteiger partial charge in [-0.05, 0) is 57.5 Å². The number of nitrogens with zero attached hydrogens (tertiary/aromatic N) is 2. The summed E-state index contributed by atoms with van der Waals surface area (Å²) in [5.41, 5.74) is 2.36. The molecule has 0 saturated heterocycles. The lowest BCUT2D eigenvalue weighted by Gasteiger charge is -2.32. The van der Waals surface area contributed by atoms with Crippen molar-refractivity contribution in [3.05, 3.63) is 95.3 Å². The molecule has 1 N–H and O–H groups in total. The monoisotopic (exact) mass is 525 g/mol. The molecule has 0 bridgehead atoms. The maximum absolute atomic E-state index is 14.9. The molecule has 0 saturated carbocycles. The molecular formula is C28H32FN3O4S. The van der Waals surface area contributed by atoms with Gasteiger partial charge >= 0.3 is 0 Å². The third-order valence-corrected chi connectivity index (χ3v) is 7.74. The Morgan fingerprint density at radius 1 is 0.946 bits per heavy atom. The minimum atomic E-state index is -4.31. The van der Waals surface area contributed by atoms with E-state index in [1.54, 1.807) is 26.0 Å². The molecule has 0 aliphatic rings. The minimum absolute atomic E-state index is 0.0730. The number of carbonyl (C=O) groups is 2. The highest BCUT2D eigenvalue weighted by Crippen LogP contribution is 2.27. The van der Waals surface area contributed by atoms with Crippen LogP contribution in [-0.4, -0.2) is 44.3 Å². The smallest absolute Gasteiger partial charge is 0.264 e. The molecule has 1 atom stereocenters. The topological polar surface area (TPSA) is 86.8 Å². The van der Waals surface area contributed by atoms with Crippen LogP contribution in [0.3, 0.4) is 0 Å². The van der Waals surface area contributed by atoms with E-state index < -0.39 is 34.3 Å². The average molecular weight is 526 g/mol. The first kappa shape index (κ1) is 27.9. The summed E-state index contributed by atoms with van der Waals surface area (Å²) < 4.78 is 43.0. The van der Waals surface area contributed by atoms with E-state index in [9.17, 15) is 22.4 Å². The standard InChI is InChI=1S/C28H32FN3O4S/c1-5-30-28(34)22(4)31(18-23-10-8-9-21(3)17-23)27(33)19-32(26-12-7-6-11-25(26)29)37(35,36)24-15-13-20(2)14-16-24/h6-17,22H,5,18-19H2,1-4H3,(H,30,34)/t22-/m0/s1. The van der Waals surface area contributed by atoms with Gasteiger partial charge in [0.25, 0.3) is 10.0 Å². The summed E-state index contributed by atoms with van der Waals surface area (Å²) in [5, 5.41) is 2.71. The first-order chi connectivity index (χ1) is 17.5. The Balaban J connectivity index is 2.04. The number of hydrogen-bond acceptors (Lipinski definition) is 4. The number of rotatable bonds is 10. The van der Waals surface area contributed by atoms with Crippen molar-refractivity contribution in [2.45, 2.75) is 45.2 Å². The van der Waals surface area contributed by atoms with Crippen LogP contribution in [0.5, 0.6) is 0 Å². The summed E-state index contributed by atoms with van der Waals surface area (Å²) in [6.45, 7) is 6.85. The van der Waals surface area contributed by atoms with Crippen molar-refractivity contribution in [1.29, 1.82) is 0 Å². The van der Waals surface area contributed by atoms with Crippen LogP contribution < -0.4 is 9.62 Å². The van der Waals surface area contributed by atoms with E-state index in [2.05, 4.69) is 5.32 Å². The molecule has 0 unspecified atom stereocenters. The number of amides is 2. The van der Waals surface area contributed by atoms with Crippen LogP contribution in [0.15, 0.2) is 77.7 Å². The number of nitrogens with one attached hydrogen (secondary N) is 1. The zero-order valence-electron chi connectivity index (χ0n) is 21.4. The van der Waals surface area contributed by atoms with Gasteiger partial charge in [-0.2, -0.15) is 0 Å².